The molecular formula is C66H38O. The number of benzene rings is 14. The highest BCUT2D eigenvalue weighted by molar-refractivity contribution is 6.30. The van der Waals surface area contributed by atoms with Gasteiger partial charge in [0.1, 0.15) is 11.2 Å². The molecule has 1 nitrogen and oxygen atoms in total. The van der Waals surface area contributed by atoms with Gasteiger partial charge in [0.25, 0.3) is 0 Å². The van der Waals surface area contributed by atoms with Gasteiger partial charge in [0.2, 0.25) is 0 Å². The molecule has 0 aliphatic carbocycles. The van der Waals surface area contributed by atoms with Gasteiger partial charge in [-0.15, -0.1) is 0 Å². The maximum absolute atomic E-state index is 6.63. The molecule has 67 heavy (non-hydrogen) atoms. The van der Waals surface area contributed by atoms with Crippen molar-refractivity contribution < 1.29 is 4.42 Å². The summed E-state index contributed by atoms with van der Waals surface area (Å²) in [6.07, 6.45) is 0. The van der Waals surface area contributed by atoms with E-state index in [2.05, 4.69) is 231 Å². The van der Waals surface area contributed by atoms with Crippen molar-refractivity contribution in [3.05, 3.63) is 231 Å². The topological polar surface area (TPSA) is 13.1 Å². The van der Waals surface area contributed by atoms with E-state index in [0.29, 0.717) is 0 Å². The van der Waals surface area contributed by atoms with Crippen LogP contribution in [0.2, 0.25) is 0 Å². The highest BCUT2D eigenvalue weighted by Gasteiger charge is 2.22. The summed E-state index contributed by atoms with van der Waals surface area (Å²) in [5.41, 5.74) is 9.31. The normalized spacial score (nSPS) is 12.2. The van der Waals surface area contributed by atoms with Gasteiger partial charge >= 0.3 is 0 Å². The van der Waals surface area contributed by atoms with Gasteiger partial charge in [-0.1, -0.05) is 194 Å². The van der Waals surface area contributed by atoms with Crippen LogP contribution in [0.1, 0.15) is 0 Å². The molecule has 0 saturated heterocycles. The van der Waals surface area contributed by atoms with Gasteiger partial charge in [-0.05, 0) is 167 Å². The third kappa shape index (κ3) is 5.25. The van der Waals surface area contributed by atoms with Crippen LogP contribution in [0.4, 0.5) is 0 Å². The van der Waals surface area contributed by atoms with E-state index in [1.165, 1.54) is 130 Å². The molecule has 15 aromatic rings. The first-order chi connectivity index (χ1) is 33.2. The minimum absolute atomic E-state index is 0.916. The smallest absolute Gasteiger partial charge is 0.136 e. The van der Waals surface area contributed by atoms with E-state index < -0.39 is 0 Å². The fourth-order valence-corrected chi connectivity index (χ4v) is 11.8. The van der Waals surface area contributed by atoms with Gasteiger partial charge in [-0.3, -0.25) is 0 Å². The predicted molar refractivity (Wildman–Crippen MR) is 288 cm³/mol. The van der Waals surface area contributed by atoms with Crippen molar-refractivity contribution in [2.75, 3.05) is 0 Å². The third-order valence-electron chi connectivity index (χ3n) is 14.8. The van der Waals surface area contributed by atoms with Gasteiger partial charge < -0.3 is 4.42 Å². The van der Waals surface area contributed by atoms with Crippen molar-refractivity contribution in [3.63, 3.8) is 0 Å². The molecule has 1 heteroatoms. The van der Waals surface area contributed by atoms with E-state index in [1.54, 1.807) is 0 Å². The minimum atomic E-state index is 0.916. The molecule has 14 aromatic carbocycles. The Morgan fingerprint density at radius 2 is 0.597 bits per heavy atom. The zero-order valence-corrected chi connectivity index (χ0v) is 36.3. The van der Waals surface area contributed by atoms with Crippen LogP contribution in [-0.4, -0.2) is 0 Å². The zero-order valence-electron chi connectivity index (χ0n) is 36.3. The Morgan fingerprint density at radius 1 is 0.194 bits per heavy atom. The van der Waals surface area contributed by atoms with Crippen molar-refractivity contribution in [1.29, 1.82) is 0 Å². The molecular weight excluding hydrogens is 809 g/mol. The minimum Gasteiger partial charge on any atom is -0.456 e. The summed E-state index contributed by atoms with van der Waals surface area (Å²) < 4.78 is 6.63. The summed E-state index contributed by atoms with van der Waals surface area (Å²) in [5.74, 6) is 0. The highest BCUT2D eigenvalue weighted by atomic mass is 16.3. The monoisotopic (exact) mass is 846 g/mol. The second-order valence-electron chi connectivity index (χ2n) is 18.2. The lowest BCUT2D eigenvalue weighted by Crippen LogP contribution is -1.93. The lowest BCUT2D eigenvalue weighted by Gasteiger charge is -2.21. The van der Waals surface area contributed by atoms with Crippen molar-refractivity contribution >= 4 is 119 Å². The number of furan rings is 1. The Kier molecular flexibility index (Phi) is 7.56. The molecule has 0 amide bonds. The first kappa shape index (κ1) is 36.5. The number of rotatable bonds is 3. The molecule has 15 rings (SSSR count). The van der Waals surface area contributed by atoms with E-state index in [-0.39, 0.29) is 0 Å². The number of hydrogen-bond donors (Lipinski definition) is 0. The fourth-order valence-electron chi connectivity index (χ4n) is 11.8. The van der Waals surface area contributed by atoms with Crippen molar-refractivity contribution in [1.82, 2.24) is 0 Å². The Morgan fingerprint density at radius 3 is 1.24 bits per heavy atom. The molecule has 0 N–H and O–H groups in total. The van der Waals surface area contributed by atoms with Crippen molar-refractivity contribution in [3.8, 4) is 33.4 Å². The average molecular weight is 847 g/mol. The van der Waals surface area contributed by atoms with Crippen LogP contribution in [-0.2, 0) is 0 Å². The van der Waals surface area contributed by atoms with Crippen LogP contribution in [0.3, 0.4) is 0 Å². The molecule has 0 spiro atoms. The van der Waals surface area contributed by atoms with Crippen LogP contribution >= 0.6 is 0 Å². The maximum atomic E-state index is 6.63. The summed E-state index contributed by atoms with van der Waals surface area (Å²) in [7, 11) is 0. The Labute approximate surface area is 385 Å². The lowest BCUT2D eigenvalue weighted by atomic mass is 9.82. The summed E-state index contributed by atoms with van der Waals surface area (Å²) in [5, 5.41) is 24.7. The third-order valence-corrected chi connectivity index (χ3v) is 14.8. The van der Waals surface area contributed by atoms with E-state index in [9.17, 15) is 0 Å². The maximum Gasteiger partial charge on any atom is 0.136 e. The summed E-state index contributed by atoms with van der Waals surface area (Å²) in [4.78, 5) is 0. The van der Waals surface area contributed by atoms with Gasteiger partial charge in [0, 0.05) is 10.8 Å². The first-order valence-corrected chi connectivity index (χ1v) is 23.2. The van der Waals surface area contributed by atoms with E-state index >= 15 is 0 Å². The second-order valence-corrected chi connectivity index (χ2v) is 18.2. The second kappa shape index (κ2) is 13.9. The largest absolute Gasteiger partial charge is 0.456 e. The molecule has 0 aliphatic heterocycles. The quantitative estimate of drug-likeness (QED) is 0.128. The van der Waals surface area contributed by atoms with E-state index in [0.717, 1.165) is 21.9 Å². The molecule has 0 saturated carbocycles. The highest BCUT2D eigenvalue weighted by Crippen LogP contribution is 2.49. The molecule has 1 heterocycles. The molecule has 0 fully saturated rings. The molecule has 0 bridgehead atoms. The molecule has 308 valence electrons. The molecule has 0 aliphatic rings. The molecule has 1 aromatic heterocycles. The Balaban J connectivity index is 0.950. The molecule has 0 atom stereocenters. The summed E-state index contributed by atoms with van der Waals surface area (Å²) in [6, 6.07) is 85.5. The average Bonchev–Trinajstić information content (AvgIpc) is 3.74. The molecule has 0 unspecified atom stereocenters. The van der Waals surface area contributed by atoms with E-state index in [1.807, 2.05) is 0 Å². The zero-order chi connectivity index (χ0) is 43.7. The molecule has 0 radical (unpaired) electrons. The van der Waals surface area contributed by atoms with Gasteiger partial charge in [-0.25, -0.2) is 0 Å². The van der Waals surface area contributed by atoms with Crippen LogP contribution in [0, 0.1) is 0 Å². The van der Waals surface area contributed by atoms with E-state index in [4.69, 9.17) is 4.42 Å². The fraction of sp³-hybridized carbons (Fsp3) is 0. The van der Waals surface area contributed by atoms with Crippen LogP contribution in [0.25, 0.3) is 152 Å². The predicted octanol–water partition coefficient (Wildman–Crippen LogP) is 19.0. The first-order valence-electron chi connectivity index (χ1n) is 23.2. The standard InChI is InChI=1S/C66H38O/c1-2-16-40-36-63-60(33-39(40)15-1)61-37-58-49-23-9-8-22-48(49)57-34-42(29-30-51(57)59(58)38-64(61)67-63)44-31-32-56(47-21-7-5-20-46(44)47)65-52-25-11-13-27-54(52)66(55-28-14-12-26-53(55)65)62-35-41-17-3-4-18-43(41)45-19-6-10-24-50(45)62/h1-38H. The van der Waals surface area contributed by atoms with Crippen LogP contribution in [0.5, 0.6) is 0 Å². The lowest BCUT2D eigenvalue weighted by molar-refractivity contribution is 0.670. The summed E-state index contributed by atoms with van der Waals surface area (Å²) in [6.45, 7) is 0. The van der Waals surface area contributed by atoms with Gasteiger partial charge in [0.15, 0.2) is 0 Å². The van der Waals surface area contributed by atoms with Crippen molar-refractivity contribution in [2.45, 2.75) is 0 Å². The number of fused-ring (bicyclic) bond motifs is 16. The van der Waals surface area contributed by atoms with Crippen molar-refractivity contribution in [2.24, 2.45) is 0 Å². The van der Waals surface area contributed by atoms with Crippen LogP contribution in [0.15, 0.2) is 235 Å². The van der Waals surface area contributed by atoms with Gasteiger partial charge in [0.05, 0.1) is 0 Å². The summed E-state index contributed by atoms with van der Waals surface area (Å²) >= 11 is 0. The number of hydrogen-bond acceptors (Lipinski definition) is 1. The van der Waals surface area contributed by atoms with Crippen LogP contribution < -0.4 is 0 Å². The SMILES string of the molecule is c1ccc2cc3c(cc2c1)oc1cc2c4ccc(-c5ccc(-c6c7ccccc7c(-c7cc8ccccc8c8ccccc78)c7ccccc67)c6ccccc56)cc4c4ccccc4c2cc13. The van der Waals surface area contributed by atoms with Gasteiger partial charge in [-0.2, -0.15) is 0 Å². The Bertz CT molecular complexity index is 4570. The Hall–Kier alpha value is -8.78.